The molecular formula is C18H27NO4. The highest BCUT2D eigenvalue weighted by Crippen LogP contribution is 2.52. The van der Waals surface area contributed by atoms with Gasteiger partial charge in [0.05, 0.1) is 18.6 Å². The number of hydrogen-bond donors (Lipinski definition) is 1. The first-order valence-corrected chi connectivity index (χ1v) is 8.65. The van der Waals surface area contributed by atoms with Crippen molar-refractivity contribution < 1.29 is 19.4 Å². The molecule has 0 radical (unpaired) electrons. The van der Waals surface area contributed by atoms with Crippen molar-refractivity contribution in [2.24, 2.45) is 23.7 Å². The normalized spacial score (nSPS) is 35.2. The summed E-state index contributed by atoms with van der Waals surface area (Å²) in [5, 5.41) is 9.53. The maximum Gasteiger partial charge on any atom is 0.310 e. The number of carbonyl (C=O) groups excluding carboxylic acids is 1. The predicted molar refractivity (Wildman–Crippen MR) is 85.8 cm³/mol. The molecule has 4 atom stereocenters. The number of carboxylic acid groups (broad SMARTS) is 1. The van der Waals surface area contributed by atoms with Crippen molar-refractivity contribution in [3.63, 3.8) is 0 Å². The van der Waals surface area contributed by atoms with E-state index >= 15 is 0 Å². The first-order chi connectivity index (χ1) is 10.7. The van der Waals surface area contributed by atoms with Crippen LogP contribution in [0.5, 0.6) is 0 Å². The first kappa shape index (κ1) is 16.5. The fourth-order valence-corrected chi connectivity index (χ4v) is 4.56. The number of likely N-dealkylation sites (tertiary alicyclic amines) is 1. The van der Waals surface area contributed by atoms with Gasteiger partial charge in [0.25, 0.3) is 0 Å². The number of carboxylic acids is 1. The highest BCUT2D eigenvalue weighted by atomic mass is 16.5. The summed E-state index contributed by atoms with van der Waals surface area (Å²) in [4.78, 5) is 26.6. The van der Waals surface area contributed by atoms with E-state index in [0.29, 0.717) is 18.4 Å². The molecule has 128 valence electrons. The molecule has 1 N–H and O–H groups in total. The lowest BCUT2D eigenvalue weighted by Gasteiger charge is -2.32. The minimum absolute atomic E-state index is 0.0319. The van der Waals surface area contributed by atoms with Crippen LogP contribution in [0, 0.1) is 23.7 Å². The average molecular weight is 321 g/mol. The average Bonchev–Trinajstić information content (AvgIpc) is 3.05. The van der Waals surface area contributed by atoms with E-state index in [2.05, 4.69) is 27.7 Å². The monoisotopic (exact) mass is 321 g/mol. The van der Waals surface area contributed by atoms with Crippen LogP contribution in [-0.2, 0) is 14.3 Å². The lowest BCUT2D eigenvalue weighted by Crippen LogP contribution is -2.42. The summed E-state index contributed by atoms with van der Waals surface area (Å²) in [6, 6.07) is 0.160. The van der Waals surface area contributed by atoms with Gasteiger partial charge in [-0.15, -0.1) is 0 Å². The van der Waals surface area contributed by atoms with Gasteiger partial charge in [-0.05, 0) is 24.7 Å². The van der Waals surface area contributed by atoms with Crippen LogP contribution in [0.1, 0.15) is 40.5 Å². The lowest BCUT2D eigenvalue weighted by atomic mass is 9.77. The van der Waals surface area contributed by atoms with Crippen LogP contribution in [0.15, 0.2) is 12.2 Å². The molecule has 3 heterocycles. The largest absolute Gasteiger partial charge is 0.481 e. The molecule has 2 bridgehead atoms. The molecule has 0 aromatic heterocycles. The van der Waals surface area contributed by atoms with Gasteiger partial charge in [0.2, 0.25) is 5.91 Å². The van der Waals surface area contributed by atoms with Gasteiger partial charge in [-0.1, -0.05) is 39.8 Å². The van der Waals surface area contributed by atoms with Crippen molar-refractivity contribution in [3.05, 3.63) is 12.2 Å². The van der Waals surface area contributed by atoms with Crippen LogP contribution in [0.25, 0.3) is 0 Å². The Morgan fingerprint density at radius 3 is 2.48 bits per heavy atom. The third kappa shape index (κ3) is 2.59. The van der Waals surface area contributed by atoms with Gasteiger partial charge in [-0.3, -0.25) is 9.59 Å². The lowest BCUT2D eigenvalue weighted by molar-refractivity contribution is -0.148. The molecule has 4 unspecified atom stereocenters. The number of ether oxygens (including phenoxy) is 1. The molecule has 3 rings (SSSR count). The first-order valence-electron chi connectivity index (χ1n) is 8.65. The van der Waals surface area contributed by atoms with E-state index in [1.165, 1.54) is 0 Å². The summed E-state index contributed by atoms with van der Waals surface area (Å²) in [6.07, 6.45) is 5.19. The van der Waals surface area contributed by atoms with Crippen LogP contribution in [0.2, 0.25) is 0 Å². The van der Waals surface area contributed by atoms with Crippen molar-refractivity contribution in [1.82, 2.24) is 4.90 Å². The molecule has 2 saturated heterocycles. The summed E-state index contributed by atoms with van der Waals surface area (Å²) < 4.78 is 5.96. The summed E-state index contributed by atoms with van der Waals surface area (Å²) in [5.74, 6) is -1.27. The van der Waals surface area contributed by atoms with Gasteiger partial charge in [-0.25, -0.2) is 0 Å². The molecule has 1 spiro atoms. The molecule has 0 aromatic rings. The molecule has 2 fully saturated rings. The Kier molecular flexibility index (Phi) is 4.03. The standard InChI is InChI=1S/C18H27NO4/c1-10(2)7-12(8-11(3)4)19-9-18-6-5-13(23-18)14(17(21)22)15(18)16(19)20/h5-6,10-15H,7-9H2,1-4H3,(H,21,22). The highest BCUT2D eigenvalue weighted by Gasteiger charge is 2.67. The van der Waals surface area contributed by atoms with Gasteiger partial charge in [0.1, 0.15) is 11.5 Å². The van der Waals surface area contributed by atoms with Gasteiger partial charge >= 0.3 is 5.97 Å². The van der Waals surface area contributed by atoms with Crippen LogP contribution < -0.4 is 0 Å². The van der Waals surface area contributed by atoms with E-state index in [-0.39, 0.29) is 11.9 Å². The Morgan fingerprint density at radius 1 is 1.35 bits per heavy atom. The Morgan fingerprint density at radius 2 is 1.96 bits per heavy atom. The molecule has 23 heavy (non-hydrogen) atoms. The third-order valence-corrected chi connectivity index (χ3v) is 5.34. The maximum atomic E-state index is 13.0. The molecule has 0 saturated carbocycles. The quantitative estimate of drug-likeness (QED) is 0.762. The van der Waals surface area contributed by atoms with E-state index < -0.39 is 29.5 Å². The molecule has 1 amide bonds. The van der Waals surface area contributed by atoms with Crippen molar-refractivity contribution in [3.8, 4) is 0 Å². The van der Waals surface area contributed by atoms with Crippen molar-refractivity contribution in [1.29, 1.82) is 0 Å². The smallest absolute Gasteiger partial charge is 0.310 e. The van der Waals surface area contributed by atoms with E-state index in [4.69, 9.17) is 4.74 Å². The van der Waals surface area contributed by atoms with E-state index in [1.807, 2.05) is 17.1 Å². The highest BCUT2D eigenvalue weighted by molar-refractivity contribution is 5.91. The second kappa shape index (κ2) is 5.62. The van der Waals surface area contributed by atoms with Gasteiger partial charge in [0, 0.05) is 6.04 Å². The van der Waals surface area contributed by atoms with E-state index in [1.54, 1.807) is 0 Å². The molecule has 3 aliphatic heterocycles. The fourth-order valence-electron chi connectivity index (χ4n) is 4.56. The van der Waals surface area contributed by atoms with Gasteiger partial charge < -0.3 is 14.7 Å². The second-order valence-corrected chi connectivity index (χ2v) is 8.12. The third-order valence-electron chi connectivity index (χ3n) is 5.34. The summed E-state index contributed by atoms with van der Waals surface area (Å²) in [7, 11) is 0. The zero-order chi connectivity index (χ0) is 16.9. The zero-order valence-corrected chi connectivity index (χ0v) is 14.4. The Balaban J connectivity index is 1.87. The Hall–Kier alpha value is -1.36. The van der Waals surface area contributed by atoms with Crippen LogP contribution in [0.4, 0.5) is 0 Å². The summed E-state index contributed by atoms with van der Waals surface area (Å²) in [6.45, 7) is 9.14. The molecule has 5 heteroatoms. The summed E-state index contributed by atoms with van der Waals surface area (Å²) in [5.41, 5.74) is -0.711. The Labute approximate surface area is 137 Å². The van der Waals surface area contributed by atoms with Crippen LogP contribution in [-0.4, -0.2) is 46.2 Å². The number of carbonyl (C=O) groups is 2. The molecule has 5 nitrogen and oxygen atoms in total. The number of nitrogens with zero attached hydrogens (tertiary/aromatic N) is 1. The number of hydrogen-bond acceptors (Lipinski definition) is 3. The number of aliphatic carboxylic acids is 1. The van der Waals surface area contributed by atoms with Crippen molar-refractivity contribution in [2.75, 3.05) is 6.54 Å². The predicted octanol–water partition coefficient (Wildman–Crippen LogP) is 2.31. The van der Waals surface area contributed by atoms with E-state index in [0.717, 1.165) is 12.8 Å². The molecule has 0 aliphatic carbocycles. The van der Waals surface area contributed by atoms with Gasteiger partial charge in [-0.2, -0.15) is 0 Å². The van der Waals surface area contributed by atoms with Crippen LogP contribution >= 0.6 is 0 Å². The molecule has 0 aromatic carbocycles. The van der Waals surface area contributed by atoms with Crippen molar-refractivity contribution >= 4 is 11.9 Å². The number of rotatable bonds is 6. The second-order valence-electron chi connectivity index (χ2n) is 8.12. The Bertz CT molecular complexity index is 531. The SMILES string of the molecule is CC(C)CC(CC(C)C)N1CC23C=CC(O2)C(C(=O)O)C3C1=O. The minimum Gasteiger partial charge on any atom is -0.481 e. The van der Waals surface area contributed by atoms with E-state index in [9.17, 15) is 14.7 Å². The number of amides is 1. The minimum atomic E-state index is -0.925. The zero-order valence-electron chi connectivity index (χ0n) is 14.4. The number of fused-ring (bicyclic) bond motifs is 1. The fraction of sp³-hybridized carbons (Fsp3) is 0.778. The van der Waals surface area contributed by atoms with Crippen molar-refractivity contribution in [2.45, 2.75) is 58.3 Å². The van der Waals surface area contributed by atoms with Crippen LogP contribution in [0.3, 0.4) is 0 Å². The summed E-state index contributed by atoms with van der Waals surface area (Å²) >= 11 is 0. The maximum absolute atomic E-state index is 13.0. The topological polar surface area (TPSA) is 66.8 Å². The molecular weight excluding hydrogens is 294 g/mol. The van der Waals surface area contributed by atoms with Gasteiger partial charge in [0.15, 0.2) is 0 Å². The molecule has 3 aliphatic rings.